The minimum atomic E-state index is 0.279. The van der Waals surface area contributed by atoms with Crippen LogP contribution in [0.2, 0.25) is 0 Å². The van der Waals surface area contributed by atoms with Crippen LogP contribution >= 0.6 is 0 Å². The molecule has 0 aromatic carbocycles. The van der Waals surface area contributed by atoms with E-state index in [1.54, 1.807) is 18.3 Å². The lowest BCUT2D eigenvalue weighted by Crippen LogP contribution is -2.12. The van der Waals surface area contributed by atoms with Gasteiger partial charge in [-0.3, -0.25) is 4.98 Å². The fourth-order valence-corrected chi connectivity index (χ4v) is 0.956. The van der Waals surface area contributed by atoms with Gasteiger partial charge in [0, 0.05) is 19.2 Å². The molecule has 13 heavy (non-hydrogen) atoms. The van der Waals surface area contributed by atoms with Gasteiger partial charge in [0.05, 0.1) is 5.69 Å². The molecule has 0 spiro atoms. The third kappa shape index (κ3) is 2.83. The molecule has 4 nitrogen and oxygen atoms in total. The van der Waals surface area contributed by atoms with Gasteiger partial charge in [-0.05, 0) is 12.1 Å². The van der Waals surface area contributed by atoms with Crippen LogP contribution in [0.25, 0.3) is 0 Å². The maximum atomic E-state index is 10.3. The summed E-state index contributed by atoms with van der Waals surface area (Å²) >= 11 is 0. The molecule has 0 aliphatic rings. The molecule has 0 fully saturated rings. The van der Waals surface area contributed by atoms with Gasteiger partial charge in [0.15, 0.2) is 0 Å². The van der Waals surface area contributed by atoms with Crippen molar-refractivity contribution in [1.29, 1.82) is 0 Å². The van der Waals surface area contributed by atoms with Crippen molar-refractivity contribution in [3.8, 4) is 5.75 Å². The van der Waals surface area contributed by atoms with Crippen LogP contribution in [0.1, 0.15) is 5.69 Å². The Labute approximate surface area is 76.7 Å². The standard InChI is InChI=1S/C9H12N2O2/c10-4-7-13-9-2-1-5-11-8(9)3-6-12/h1-2,5-6H,3-4,7,10H2. The third-order valence-electron chi connectivity index (χ3n) is 1.50. The summed E-state index contributed by atoms with van der Waals surface area (Å²) in [7, 11) is 0. The number of rotatable bonds is 5. The van der Waals surface area contributed by atoms with Gasteiger partial charge < -0.3 is 15.3 Å². The fourth-order valence-electron chi connectivity index (χ4n) is 0.956. The van der Waals surface area contributed by atoms with Crippen LogP contribution in [0.15, 0.2) is 18.3 Å². The minimum absolute atomic E-state index is 0.279. The Morgan fingerprint density at radius 1 is 1.62 bits per heavy atom. The predicted molar refractivity (Wildman–Crippen MR) is 48.6 cm³/mol. The van der Waals surface area contributed by atoms with E-state index < -0.39 is 0 Å². The van der Waals surface area contributed by atoms with E-state index >= 15 is 0 Å². The summed E-state index contributed by atoms with van der Waals surface area (Å²) in [6, 6.07) is 3.54. The van der Waals surface area contributed by atoms with Gasteiger partial charge in [-0.1, -0.05) is 0 Å². The highest BCUT2D eigenvalue weighted by Crippen LogP contribution is 2.14. The van der Waals surface area contributed by atoms with E-state index in [-0.39, 0.29) is 6.42 Å². The Bertz CT molecular complexity index is 276. The lowest BCUT2D eigenvalue weighted by Gasteiger charge is -2.06. The Balaban J connectivity index is 2.71. The zero-order chi connectivity index (χ0) is 9.52. The van der Waals surface area contributed by atoms with Crippen molar-refractivity contribution in [2.45, 2.75) is 6.42 Å². The number of hydrogen-bond donors (Lipinski definition) is 1. The number of nitrogens with two attached hydrogens (primary N) is 1. The number of ether oxygens (including phenoxy) is 1. The number of carbonyl (C=O) groups is 1. The zero-order valence-electron chi connectivity index (χ0n) is 7.27. The molecule has 1 aromatic heterocycles. The van der Waals surface area contributed by atoms with Crippen LogP contribution in [0.5, 0.6) is 5.75 Å². The van der Waals surface area contributed by atoms with E-state index in [1.165, 1.54) is 0 Å². The second-order valence-corrected chi connectivity index (χ2v) is 2.46. The van der Waals surface area contributed by atoms with Crippen molar-refractivity contribution >= 4 is 6.29 Å². The molecule has 0 saturated heterocycles. The summed E-state index contributed by atoms with van der Waals surface area (Å²) in [4.78, 5) is 14.3. The molecule has 1 heterocycles. The lowest BCUT2D eigenvalue weighted by molar-refractivity contribution is -0.107. The van der Waals surface area contributed by atoms with Gasteiger partial charge in [-0.25, -0.2) is 0 Å². The average Bonchev–Trinajstić information content (AvgIpc) is 2.17. The van der Waals surface area contributed by atoms with E-state index in [1.807, 2.05) is 0 Å². The highest BCUT2D eigenvalue weighted by atomic mass is 16.5. The largest absolute Gasteiger partial charge is 0.490 e. The molecule has 0 bridgehead atoms. The molecule has 4 heteroatoms. The average molecular weight is 180 g/mol. The second-order valence-electron chi connectivity index (χ2n) is 2.46. The molecule has 0 aliphatic heterocycles. The lowest BCUT2D eigenvalue weighted by atomic mass is 10.2. The Hall–Kier alpha value is -1.42. The van der Waals surface area contributed by atoms with Crippen LogP contribution in [-0.4, -0.2) is 24.4 Å². The smallest absolute Gasteiger partial charge is 0.141 e. The molecule has 0 amide bonds. The summed E-state index contributed by atoms with van der Waals surface area (Å²) in [6.45, 7) is 0.896. The predicted octanol–water partition coefficient (Wildman–Crippen LogP) is 0.160. The summed E-state index contributed by atoms with van der Waals surface area (Å²) in [5.41, 5.74) is 5.94. The second kappa shape index (κ2) is 5.27. The summed E-state index contributed by atoms with van der Waals surface area (Å²) in [6.07, 6.45) is 2.71. The molecule has 1 rings (SSSR count). The van der Waals surface area contributed by atoms with E-state index in [0.29, 0.717) is 24.6 Å². The highest BCUT2D eigenvalue weighted by molar-refractivity contribution is 5.55. The van der Waals surface area contributed by atoms with Gasteiger partial charge in [0.25, 0.3) is 0 Å². The minimum Gasteiger partial charge on any atom is -0.490 e. The molecular weight excluding hydrogens is 168 g/mol. The molecule has 0 aliphatic carbocycles. The molecule has 70 valence electrons. The molecular formula is C9H12N2O2. The summed E-state index contributed by atoms with van der Waals surface area (Å²) in [5.74, 6) is 0.639. The van der Waals surface area contributed by atoms with E-state index in [4.69, 9.17) is 10.5 Å². The van der Waals surface area contributed by atoms with Crippen LogP contribution in [-0.2, 0) is 11.2 Å². The SMILES string of the molecule is NCCOc1cccnc1CC=O. The van der Waals surface area contributed by atoms with Crippen LogP contribution < -0.4 is 10.5 Å². The molecule has 0 saturated carbocycles. The van der Waals surface area contributed by atoms with Crippen molar-refractivity contribution in [2.75, 3.05) is 13.2 Å². The molecule has 0 unspecified atom stereocenters. The maximum Gasteiger partial charge on any atom is 0.141 e. The van der Waals surface area contributed by atoms with Crippen LogP contribution in [0.4, 0.5) is 0 Å². The number of nitrogens with zero attached hydrogens (tertiary/aromatic N) is 1. The van der Waals surface area contributed by atoms with Crippen molar-refractivity contribution < 1.29 is 9.53 Å². The van der Waals surface area contributed by atoms with Gasteiger partial charge in [0.2, 0.25) is 0 Å². The highest BCUT2D eigenvalue weighted by Gasteiger charge is 2.02. The Morgan fingerprint density at radius 2 is 2.46 bits per heavy atom. The van der Waals surface area contributed by atoms with Gasteiger partial charge in [-0.15, -0.1) is 0 Å². The number of pyridine rings is 1. The van der Waals surface area contributed by atoms with Crippen molar-refractivity contribution in [1.82, 2.24) is 4.98 Å². The zero-order valence-corrected chi connectivity index (χ0v) is 7.27. The van der Waals surface area contributed by atoms with E-state index in [2.05, 4.69) is 4.98 Å². The third-order valence-corrected chi connectivity index (χ3v) is 1.50. The first-order chi connectivity index (χ1) is 6.38. The summed E-state index contributed by atoms with van der Waals surface area (Å²) in [5, 5.41) is 0. The van der Waals surface area contributed by atoms with E-state index in [9.17, 15) is 4.79 Å². The normalized spacial score (nSPS) is 9.62. The summed E-state index contributed by atoms with van der Waals surface area (Å²) < 4.78 is 5.29. The van der Waals surface area contributed by atoms with Crippen LogP contribution in [0, 0.1) is 0 Å². The first-order valence-electron chi connectivity index (χ1n) is 4.09. The number of aldehydes is 1. The van der Waals surface area contributed by atoms with Crippen LogP contribution in [0.3, 0.4) is 0 Å². The fraction of sp³-hybridized carbons (Fsp3) is 0.333. The molecule has 1 aromatic rings. The monoisotopic (exact) mass is 180 g/mol. The number of carbonyl (C=O) groups excluding carboxylic acids is 1. The van der Waals surface area contributed by atoms with Crippen molar-refractivity contribution in [2.24, 2.45) is 5.73 Å². The number of hydrogen-bond acceptors (Lipinski definition) is 4. The number of aromatic nitrogens is 1. The first kappa shape index (κ1) is 9.67. The molecule has 0 atom stereocenters. The maximum absolute atomic E-state index is 10.3. The quantitative estimate of drug-likeness (QED) is 0.655. The van der Waals surface area contributed by atoms with Gasteiger partial charge in [0.1, 0.15) is 18.6 Å². The Kier molecular flexibility index (Phi) is 3.92. The van der Waals surface area contributed by atoms with Crippen molar-refractivity contribution in [3.63, 3.8) is 0 Å². The first-order valence-corrected chi connectivity index (χ1v) is 4.09. The van der Waals surface area contributed by atoms with E-state index in [0.717, 1.165) is 6.29 Å². The van der Waals surface area contributed by atoms with Gasteiger partial charge in [-0.2, -0.15) is 0 Å². The topological polar surface area (TPSA) is 65.2 Å². The van der Waals surface area contributed by atoms with Gasteiger partial charge >= 0.3 is 0 Å². The van der Waals surface area contributed by atoms with Crippen molar-refractivity contribution in [3.05, 3.63) is 24.0 Å². The molecule has 2 N–H and O–H groups in total. The molecule has 0 radical (unpaired) electrons. The Morgan fingerprint density at radius 3 is 3.15 bits per heavy atom.